The molecule has 2 heteroatoms. The highest BCUT2D eigenvalue weighted by Crippen LogP contribution is 2.47. The smallest absolute Gasteiger partial charge is 0.0518 e. The molecule has 0 N–H and O–H groups in total. The number of hydrogen-bond acceptors (Lipinski definition) is 1. The van der Waals surface area contributed by atoms with Crippen LogP contribution < -0.4 is 0 Å². The fraction of sp³-hybridized carbons (Fsp3) is 1.00. The first kappa shape index (κ1) is 16.5. The number of rotatable bonds is 5. The molecule has 0 unspecified atom stereocenters. The van der Waals surface area contributed by atoms with E-state index in [2.05, 4.69) is 50.5 Å². The molecular weight excluding hydrogens is 288 g/mol. The molecule has 1 aliphatic carbocycles. The summed E-state index contributed by atoms with van der Waals surface area (Å²) in [6.45, 7) is 12.3. The lowest BCUT2D eigenvalue weighted by molar-refractivity contribution is 0.0316. The van der Waals surface area contributed by atoms with Crippen molar-refractivity contribution in [1.29, 1.82) is 0 Å². The molecule has 0 amide bonds. The Morgan fingerprint density at radius 2 is 1.78 bits per heavy atom. The van der Waals surface area contributed by atoms with E-state index in [1.807, 2.05) is 0 Å². The highest BCUT2D eigenvalue weighted by Gasteiger charge is 2.37. The highest BCUT2D eigenvalue weighted by atomic mass is 79.9. The third kappa shape index (κ3) is 4.85. The molecule has 1 saturated carbocycles. The molecule has 0 aliphatic heterocycles. The summed E-state index contributed by atoms with van der Waals surface area (Å²) in [5.41, 5.74) is 0.976. The van der Waals surface area contributed by atoms with E-state index in [1.165, 1.54) is 32.1 Å². The Hall–Kier alpha value is 0.440. The van der Waals surface area contributed by atoms with Crippen LogP contribution >= 0.6 is 15.9 Å². The summed E-state index contributed by atoms with van der Waals surface area (Å²) in [6, 6.07) is 0. The molecule has 0 radical (unpaired) electrons. The van der Waals surface area contributed by atoms with Crippen LogP contribution in [0.3, 0.4) is 0 Å². The standard InChI is InChI=1S/C16H31BrO/c1-13(2)18-11-10-16(12-17)8-6-14(7-9-16)15(3,4)5/h13-14H,6-12H2,1-5H3. The lowest BCUT2D eigenvalue weighted by atomic mass is 9.64. The van der Waals surface area contributed by atoms with E-state index >= 15 is 0 Å². The van der Waals surface area contributed by atoms with Crippen LogP contribution in [0.25, 0.3) is 0 Å². The Kier molecular flexibility index (Phi) is 6.18. The fourth-order valence-corrected chi connectivity index (χ4v) is 3.90. The van der Waals surface area contributed by atoms with Gasteiger partial charge in [-0.25, -0.2) is 0 Å². The van der Waals surface area contributed by atoms with E-state index in [1.54, 1.807) is 0 Å². The molecule has 0 aromatic carbocycles. The second-order valence-electron chi connectivity index (χ2n) is 7.44. The molecule has 0 saturated heterocycles. The van der Waals surface area contributed by atoms with Gasteiger partial charge in [0, 0.05) is 11.9 Å². The van der Waals surface area contributed by atoms with Gasteiger partial charge in [0.15, 0.2) is 0 Å². The summed E-state index contributed by atoms with van der Waals surface area (Å²) in [7, 11) is 0. The average molecular weight is 319 g/mol. The Labute approximate surface area is 122 Å². The summed E-state index contributed by atoms with van der Waals surface area (Å²) < 4.78 is 5.74. The Balaban J connectivity index is 2.44. The van der Waals surface area contributed by atoms with Crippen LogP contribution in [-0.2, 0) is 4.74 Å². The van der Waals surface area contributed by atoms with Crippen molar-refractivity contribution in [3.8, 4) is 0 Å². The number of hydrogen-bond donors (Lipinski definition) is 0. The van der Waals surface area contributed by atoms with Gasteiger partial charge in [-0.3, -0.25) is 0 Å². The predicted molar refractivity (Wildman–Crippen MR) is 83.3 cm³/mol. The molecule has 0 aromatic heterocycles. The third-order valence-corrected chi connectivity index (χ3v) is 5.83. The molecule has 0 heterocycles. The van der Waals surface area contributed by atoms with Crippen molar-refractivity contribution in [2.24, 2.45) is 16.7 Å². The summed E-state index contributed by atoms with van der Waals surface area (Å²) in [5.74, 6) is 0.899. The van der Waals surface area contributed by atoms with E-state index < -0.39 is 0 Å². The average Bonchev–Trinajstić information content (AvgIpc) is 2.28. The minimum Gasteiger partial charge on any atom is -0.379 e. The van der Waals surface area contributed by atoms with Gasteiger partial charge >= 0.3 is 0 Å². The number of ether oxygens (including phenoxy) is 1. The van der Waals surface area contributed by atoms with E-state index in [9.17, 15) is 0 Å². The van der Waals surface area contributed by atoms with E-state index in [0.717, 1.165) is 17.9 Å². The lowest BCUT2D eigenvalue weighted by Crippen LogP contribution is -2.34. The van der Waals surface area contributed by atoms with Crippen molar-refractivity contribution in [3.63, 3.8) is 0 Å². The Bertz CT molecular complexity index is 234. The van der Waals surface area contributed by atoms with Gasteiger partial charge in [0.25, 0.3) is 0 Å². The number of halogens is 1. The largest absolute Gasteiger partial charge is 0.379 e. The van der Waals surface area contributed by atoms with Crippen LogP contribution in [0.2, 0.25) is 0 Å². The van der Waals surface area contributed by atoms with Crippen molar-refractivity contribution in [2.75, 3.05) is 11.9 Å². The Morgan fingerprint density at radius 1 is 1.22 bits per heavy atom. The zero-order valence-corrected chi connectivity index (χ0v) is 14.5. The fourth-order valence-electron chi connectivity index (χ4n) is 3.06. The molecule has 1 rings (SSSR count). The normalized spacial score (nSPS) is 29.8. The van der Waals surface area contributed by atoms with Gasteiger partial charge in [-0.2, -0.15) is 0 Å². The minimum atomic E-state index is 0.364. The molecule has 0 atom stereocenters. The summed E-state index contributed by atoms with van der Waals surface area (Å²) in [6.07, 6.45) is 7.08. The summed E-state index contributed by atoms with van der Waals surface area (Å²) in [4.78, 5) is 0. The molecule has 108 valence electrons. The van der Waals surface area contributed by atoms with E-state index in [-0.39, 0.29) is 0 Å². The molecule has 18 heavy (non-hydrogen) atoms. The quantitative estimate of drug-likeness (QED) is 0.615. The molecular formula is C16H31BrO. The second kappa shape index (κ2) is 6.74. The molecule has 0 spiro atoms. The van der Waals surface area contributed by atoms with Crippen molar-refractivity contribution in [3.05, 3.63) is 0 Å². The minimum absolute atomic E-state index is 0.364. The van der Waals surface area contributed by atoms with Crippen molar-refractivity contribution >= 4 is 15.9 Å². The van der Waals surface area contributed by atoms with Gasteiger partial charge in [0.2, 0.25) is 0 Å². The first-order chi connectivity index (χ1) is 8.29. The van der Waals surface area contributed by atoms with Crippen molar-refractivity contribution in [2.45, 2.75) is 72.8 Å². The topological polar surface area (TPSA) is 9.23 Å². The van der Waals surface area contributed by atoms with E-state index in [4.69, 9.17) is 4.74 Å². The molecule has 1 fully saturated rings. The first-order valence-corrected chi connectivity index (χ1v) is 8.59. The van der Waals surface area contributed by atoms with Gasteiger partial charge in [-0.05, 0) is 62.7 Å². The monoisotopic (exact) mass is 318 g/mol. The molecule has 0 aromatic rings. The predicted octanol–water partition coefficient (Wildman–Crippen LogP) is 5.42. The summed E-state index contributed by atoms with van der Waals surface area (Å²) in [5, 5.41) is 1.14. The maximum Gasteiger partial charge on any atom is 0.0518 e. The van der Waals surface area contributed by atoms with Gasteiger partial charge in [0.1, 0.15) is 0 Å². The van der Waals surface area contributed by atoms with Crippen LogP contribution in [-0.4, -0.2) is 18.0 Å². The van der Waals surface area contributed by atoms with Crippen LogP contribution in [0.4, 0.5) is 0 Å². The van der Waals surface area contributed by atoms with Crippen molar-refractivity contribution < 1.29 is 4.74 Å². The van der Waals surface area contributed by atoms with E-state index in [0.29, 0.717) is 16.9 Å². The zero-order chi connectivity index (χ0) is 13.8. The van der Waals surface area contributed by atoms with Gasteiger partial charge in [-0.1, -0.05) is 36.7 Å². The number of alkyl halides is 1. The molecule has 1 aliphatic rings. The van der Waals surface area contributed by atoms with Crippen LogP contribution in [0, 0.1) is 16.7 Å². The Morgan fingerprint density at radius 3 is 2.17 bits per heavy atom. The molecule has 0 bridgehead atoms. The second-order valence-corrected chi connectivity index (χ2v) is 8.00. The van der Waals surface area contributed by atoms with Gasteiger partial charge in [0.05, 0.1) is 6.10 Å². The van der Waals surface area contributed by atoms with Gasteiger partial charge < -0.3 is 4.74 Å². The van der Waals surface area contributed by atoms with Crippen LogP contribution in [0.15, 0.2) is 0 Å². The van der Waals surface area contributed by atoms with Gasteiger partial charge in [-0.15, -0.1) is 0 Å². The summed E-state index contributed by atoms with van der Waals surface area (Å²) >= 11 is 3.75. The third-order valence-electron chi connectivity index (χ3n) is 4.64. The molecule has 1 nitrogen and oxygen atoms in total. The van der Waals surface area contributed by atoms with Crippen LogP contribution in [0.5, 0.6) is 0 Å². The van der Waals surface area contributed by atoms with Crippen LogP contribution in [0.1, 0.15) is 66.7 Å². The maximum atomic E-state index is 5.74. The first-order valence-electron chi connectivity index (χ1n) is 7.47. The SMILES string of the molecule is CC(C)OCCC1(CBr)CCC(C(C)(C)C)CC1. The maximum absolute atomic E-state index is 5.74. The lowest BCUT2D eigenvalue weighted by Gasteiger charge is -2.43. The van der Waals surface area contributed by atoms with Crippen molar-refractivity contribution in [1.82, 2.24) is 0 Å². The highest BCUT2D eigenvalue weighted by molar-refractivity contribution is 9.09. The zero-order valence-electron chi connectivity index (χ0n) is 12.9.